The lowest BCUT2D eigenvalue weighted by atomic mass is 10.0. The second kappa shape index (κ2) is 8.19. The second-order valence-corrected chi connectivity index (χ2v) is 7.84. The maximum Gasteiger partial charge on any atom is 0.0530 e. The third-order valence-electron chi connectivity index (χ3n) is 5.70. The predicted molar refractivity (Wildman–Crippen MR) is 119 cm³/mol. The average Bonchev–Trinajstić information content (AvgIpc) is 3.01. The molecule has 0 fully saturated rings. The molecule has 4 rings (SSSR count). The topological polar surface area (TPSA) is 33.1 Å². The Labute approximate surface area is 167 Å². The molecule has 1 N–H and O–H groups in total. The second-order valence-electron chi connectivity index (χ2n) is 7.84. The Hall–Kier alpha value is -2.59. The molecule has 0 unspecified atom stereocenters. The van der Waals surface area contributed by atoms with Crippen LogP contribution in [0.4, 0.5) is 5.69 Å². The highest BCUT2D eigenvalue weighted by Gasteiger charge is 2.22. The van der Waals surface area contributed by atoms with E-state index in [2.05, 4.69) is 77.2 Å². The van der Waals surface area contributed by atoms with Crippen molar-refractivity contribution in [1.29, 1.82) is 0 Å². The van der Waals surface area contributed by atoms with Crippen molar-refractivity contribution in [1.82, 2.24) is 14.5 Å². The van der Waals surface area contributed by atoms with Gasteiger partial charge in [0.15, 0.2) is 0 Å². The summed E-state index contributed by atoms with van der Waals surface area (Å²) in [5.74, 6) is 0. The first-order chi connectivity index (χ1) is 13.7. The molecule has 0 saturated heterocycles. The van der Waals surface area contributed by atoms with Crippen molar-refractivity contribution in [3.05, 3.63) is 59.5 Å². The van der Waals surface area contributed by atoms with E-state index >= 15 is 0 Å². The summed E-state index contributed by atoms with van der Waals surface area (Å²) in [5.41, 5.74) is 7.93. The van der Waals surface area contributed by atoms with Gasteiger partial charge in [-0.1, -0.05) is 13.3 Å². The lowest BCUT2D eigenvalue weighted by Gasteiger charge is -2.23. The molecule has 4 nitrogen and oxygen atoms in total. The van der Waals surface area contributed by atoms with Crippen molar-refractivity contribution in [3.8, 4) is 0 Å². The quantitative estimate of drug-likeness (QED) is 0.598. The number of unbranched alkanes of at least 4 members (excludes halogenated alkanes) is 1. The van der Waals surface area contributed by atoms with Gasteiger partial charge in [0.05, 0.1) is 5.52 Å². The zero-order valence-electron chi connectivity index (χ0n) is 17.2. The first-order valence-corrected chi connectivity index (χ1v) is 10.3. The van der Waals surface area contributed by atoms with E-state index in [9.17, 15) is 0 Å². The smallest absolute Gasteiger partial charge is 0.0530 e. The summed E-state index contributed by atoms with van der Waals surface area (Å²) in [6.45, 7) is 7.57. The number of fused-ring (bicyclic) bond motifs is 3. The van der Waals surface area contributed by atoms with E-state index in [1.54, 1.807) is 0 Å². The Bertz CT molecular complexity index is 985. The minimum absolute atomic E-state index is 1.01. The molecule has 0 saturated carbocycles. The van der Waals surface area contributed by atoms with E-state index in [4.69, 9.17) is 0 Å². The SMILES string of the molecule is CCCCNc1ccc2c(c1)c1c(n2C=C(C)c2ccncc2)CCN(C)C1. The number of benzene rings is 1. The standard InChI is InChI=1S/C24H30N4/c1-4-5-11-26-20-6-7-23-21(15-20)22-17-27(3)14-10-24(22)28(23)16-18(2)19-8-12-25-13-9-19/h6-9,12-13,15-16,26H,4-5,10-11,14,17H2,1-3H3. The van der Waals surface area contributed by atoms with Crippen LogP contribution in [0.25, 0.3) is 22.7 Å². The molecule has 0 bridgehead atoms. The first-order valence-electron chi connectivity index (χ1n) is 10.3. The zero-order valence-corrected chi connectivity index (χ0v) is 17.2. The van der Waals surface area contributed by atoms with Crippen LogP contribution in [0.3, 0.4) is 0 Å². The molecule has 3 heterocycles. The molecule has 3 aromatic rings. The van der Waals surface area contributed by atoms with Gasteiger partial charge in [-0.05, 0) is 67.4 Å². The van der Waals surface area contributed by atoms with Crippen molar-refractivity contribution < 1.29 is 0 Å². The van der Waals surface area contributed by atoms with Crippen LogP contribution in [-0.2, 0) is 13.0 Å². The van der Waals surface area contributed by atoms with Gasteiger partial charge >= 0.3 is 0 Å². The van der Waals surface area contributed by atoms with E-state index in [-0.39, 0.29) is 0 Å². The highest BCUT2D eigenvalue weighted by Crippen LogP contribution is 2.33. The molecule has 0 atom stereocenters. The Morgan fingerprint density at radius 3 is 2.82 bits per heavy atom. The fraction of sp³-hybridized carbons (Fsp3) is 0.375. The molecule has 1 aliphatic rings. The minimum atomic E-state index is 1.01. The third kappa shape index (κ3) is 3.69. The van der Waals surface area contributed by atoms with Gasteiger partial charge in [-0.2, -0.15) is 0 Å². The first kappa shape index (κ1) is 18.8. The monoisotopic (exact) mass is 374 g/mol. The number of allylic oxidation sites excluding steroid dienone is 1. The fourth-order valence-electron chi connectivity index (χ4n) is 4.08. The number of anilines is 1. The van der Waals surface area contributed by atoms with Crippen molar-refractivity contribution in [3.63, 3.8) is 0 Å². The fourth-order valence-corrected chi connectivity index (χ4v) is 4.08. The van der Waals surface area contributed by atoms with Crippen molar-refractivity contribution in [2.75, 3.05) is 25.5 Å². The number of aromatic nitrogens is 2. The Balaban J connectivity index is 1.80. The van der Waals surface area contributed by atoms with Crippen LogP contribution < -0.4 is 5.32 Å². The normalized spacial score (nSPS) is 15.0. The summed E-state index contributed by atoms with van der Waals surface area (Å²) in [7, 11) is 2.22. The van der Waals surface area contributed by atoms with Crippen molar-refractivity contribution >= 4 is 28.4 Å². The lowest BCUT2D eigenvalue weighted by Crippen LogP contribution is -2.26. The number of nitrogens with zero attached hydrogens (tertiary/aromatic N) is 3. The van der Waals surface area contributed by atoms with Crippen LogP contribution in [0.1, 0.15) is 43.5 Å². The average molecular weight is 375 g/mol. The largest absolute Gasteiger partial charge is 0.385 e. The molecule has 0 aliphatic carbocycles. The van der Waals surface area contributed by atoms with Gasteiger partial charge in [-0.25, -0.2) is 0 Å². The molecule has 146 valence electrons. The molecule has 4 heteroatoms. The van der Waals surface area contributed by atoms with Crippen molar-refractivity contribution in [2.24, 2.45) is 0 Å². The summed E-state index contributed by atoms with van der Waals surface area (Å²) in [5, 5.41) is 4.96. The van der Waals surface area contributed by atoms with Gasteiger partial charge in [-0.3, -0.25) is 4.98 Å². The number of likely N-dealkylation sites (N-methyl/N-ethyl adjacent to an activating group) is 1. The van der Waals surface area contributed by atoms with Crippen molar-refractivity contribution in [2.45, 2.75) is 39.7 Å². The maximum absolute atomic E-state index is 4.15. The zero-order chi connectivity index (χ0) is 19.5. The van der Waals surface area contributed by atoms with Crippen LogP contribution >= 0.6 is 0 Å². The van der Waals surface area contributed by atoms with E-state index in [1.165, 1.54) is 51.8 Å². The predicted octanol–water partition coefficient (Wildman–Crippen LogP) is 5.25. The molecule has 0 spiro atoms. The number of nitrogens with one attached hydrogen (secondary N) is 1. The molecule has 28 heavy (non-hydrogen) atoms. The third-order valence-corrected chi connectivity index (χ3v) is 5.70. The van der Waals surface area contributed by atoms with Gasteiger partial charge in [0, 0.05) is 61.4 Å². The minimum Gasteiger partial charge on any atom is -0.385 e. The summed E-state index contributed by atoms with van der Waals surface area (Å²) in [4.78, 5) is 6.57. The van der Waals surface area contributed by atoms with Crippen LogP contribution in [0, 0.1) is 0 Å². The summed E-state index contributed by atoms with van der Waals surface area (Å²) >= 11 is 0. The highest BCUT2D eigenvalue weighted by atomic mass is 15.1. The number of hydrogen-bond acceptors (Lipinski definition) is 3. The van der Waals surface area contributed by atoms with E-state index in [1.807, 2.05) is 12.4 Å². The lowest BCUT2D eigenvalue weighted by molar-refractivity contribution is 0.312. The van der Waals surface area contributed by atoms with Crippen LogP contribution in [0.5, 0.6) is 0 Å². The molecule has 1 aromatic carbocycles. The van der Waals surface area contributed by atoms with Gasteiger partial charge in [0.25, 0.3) is 0 Å². The van der Waals surface area contributed by atoms with Gasteiger partial charge in [0.2, 0.25) is 0 Å². The Kier molecular flexibility index (Phi) is 5.49. The Morgan fingerprint density at radius 2 is 2.04 bits per heavy atom. The maximum atomic E-state index is 4.15. The number of rotatable bonds is 6. The molecule has 2 aromatic heterocycles. The van der Waals surface area contributed by atoms with Crippen LogP contribution in [0.15, 0.2) is 42.7 Å². The van der Waals surface area contributed by atoms with E-state index in [0.717, 1.165) is 26.1 Å². The molecular formula is C24H30N4. The molecular weight excluding hydrogens is 344 g/mol. The molecule has 1 aliphatic heterocycles. The number of pyridine rings is 1. The van der Waals surface area contributed by atoms with E-state index in [0.29, 0.717) is 0 Å². The van der Waals surface area contributed by atoms with Gasteiger partial charge < -0.3 is 14.8 Å². The summed E-state index contributed by atoms with van der Waals surface area (Å²) in [6.07, 6.45) is 9.52. The summed E-state index contributed by atoms with van der Waals surface area (Å²) in [6, 6.07) is 11.0. The molecule has 0 amide bonds. The van der Waals surface area contributed by atoms with Gasteiger partial charge in [-0.15, -0.1) is 0 Å². The molecule has 0 radical (unpaired) electrons. The van der Waals surface area contributed by atoms with Crippen LogP contribution in [-0.4, -0.2) is 34.6 Å². The van der Waals surface area contributed by atoms with E-state index < -0.39 is 0 Å². The number of hydrogen-bond donors (Lipinski definition) is 1. The highest BCUT2D eigenvalue weighted by molar-refractivity contribution is 5.92. The van der Waals surface area contributed by atoms with Gasteiger partial charge in [0.1, 0.15) is 0 Å². The Morgan fingerprint density at radius 1 is 1.21 bits per heavy atom. The van der Waals surface area contributed by atoms with Crippen LogP contribution in [0.2, 0.25) is 0 Å². The summed E-state index contributed by atoms with van der Waals surface area (Å²) < 4.78 is 2.42.